The van der Waals surface area contributed by atoms with Gasteiger partial charge in [-0.05, 0) is 41.8 Å². The average Bonchev–Trinajstić information content (AvgIpc) is 3.12. The second kappa shape index (κ2) is 5.24. The summed E-state index contributed by atoms with van der Waals surface area (Å²) in [6.07, 6.45) is 2.23. The molecule has 18 heavy (non-hydrogen) atoms. The molecule has 1 saturated carbocycles. The van der Waals surface area contributed by atoms with Gasteiger partial charge in [-0.3, -0.25) is 10.1 Å². The number of halogens is 1. The number of anilines is 1. The van der Waals surface area contributed by atoms with Crippen LogP contribution in [0.25, 0.3) is 0 Å². The highest BCUT2D eigenvalue weighted by Gasteiger charge is 2.30. The summed E-state index contributed by atoms with van der Waals surface area (Å²) in [6.45, 7) is 2.37. The predicted octanol–water partition coefficient (Wildman–Crippen LogP) is 2.63. The molecule has 1 N–H and O–H groups in total. The SMILES string of the molecule is Cc1cc(N(CCO)C2CC2)c(Br)cc1[N+](=O)[O-]. The first kappa shape index (κ1) is 13.3. The van der Waals surface area contributed by atoms with Crippen molar-refractivity contribution < 1.29 is 10.0 Å². The molecule has 0 amide bonds. The molecule has 0 spiro atoms. The Balaban J connectivity index is 2.37. The van der Waals surface area contributed by atoms with Crippen LogP contribution in [0, 0.1) is 17.0 Å². The Morgan fingerprint density at radius 3 is 2.72 bits per heavy atom. The third-order valence-corrected chi connectivity index (χ3v) is 3.74. The van der Waals surface area contributed by atoms with Gasteiger partial charge in [-0.2, -0.15) is 0 Å². The monoisotopic (exact) mass is 314 g/mol. The van der Waals surface area contributed by atoms with Crippen LogP contribution in [0.1, 0.15) is 18.4 Å². The number of rotatable bonds is 5. The van der Waals surface area contributed by atoms with Crippen molar-refractivity contribution >= 4 is 27.3 Å². The predicted molar refractivity (Wildman–Crippen MR) is 73.0 cm³/mol. The summed E-state index contributed by atoms with van der Waals surface area (Å²) in [4.78, 5) is 12.6. The number of nitro groups is 1. The Labute approximate surface area is 114 Å². The first-order valence-corrected chi connectivity index (χ1v) is 6.66. The maximum Gasteiger partial charge on any atom is 0.273 e. The quantitative estimate of drug-likeness (QED) is 0.670. The van der Waals surface area contributed by atoms with Gasteiger partial charge in [0.2, 0.25) is 0 Å². The maximum atomic E-state index is 10.9. The molecule has 0 aliphatic heterocycles. The lowest BCUT2D eigenvalue weighted by Crippen LogP contribution is -2.29. The molecule has 1 aromatic carbocycles. The van der Waals surface area contributed by atoms with Crippen molar-refractivity contribution in [2.24, 2.45) is 0 Å². The van der Waals surface area contributed by atoms with Crippen LogP contribution < -0.4 is 4.90 Å². The number of hydrogen-bond donors (Lipinski definition) is 1. The minimum atomic E-state index is -0.378. The third-order valence-electron chi connectivity index (χ3n) is 3.10. The number of aliphatic hydroxyl groups excluding tert-OH is 1. The summed E-state index contributed by atoms with van der Waals surface area (Å²) >= 11 is 3.39. The third kappa shape index (κ3) is 2.64. The van der Waals surface area contributed by atoms with Crippen LogP contribution in [0.15, 0.2) is 16.6 Å². The van der Waals surface area contributed by atoms with Crippen LogP contribution in [-0.4, -0.2) is 29.2 Å². The van der Waals surface area contributed by atoms with Gasteiger partial charge in [-0.25, -0.2) is 0 Å². The summed E-state index contributed by atoms with van der Waals surface area (Å²) < 4.78 is 0.708. The van der Waals surface area contributed by atoms with Gasteiger partial charge in [-0.1, -0.05) is 0 Å². The topological polar surface area (TPSA) is 66.6 Å². The summed E-state index contributed by atoms with van der Waals surface area (Å²) in [5, 5.41) is 20.0. The van der Waals surface area contributed by atoms with Gasteiger partial charge in [-0.15, -0.1) is 0 Å². The van der Waals surface area contributed by atoms with Crippen molar-refractivity contribution in [3.8, 4) is 0 Å². The molecule has 5 nitrogen and oxygen atoms in total. The van der Waals surface area contributed by atoms with Gasteiger partial charge in [0.15, 0.2) is 0 Å². The van der Waals surface area contributed by atoms with Crippen LogP contribution >= 0.6 is 15.9 Å². The Morgan fingerprint density at radius 2 is 2.22 bits per heavy atom. The number of nitro benzene ring substituents is 1. The first-order chi connectivity index (χ1) is 8.54. The Kier molecular flexibility index (Phi) is 3.87. The Hall–Kier alpha value is -1.14. The van der Waals surface area contributed by atoms with E-state index < -0.39 is 0 Å². The van der Waals surface area contributed by atoms with Crippen molar-refractivity contribution in [2.75, 3.05) is 18.1 Å². The normalized spacial score (nSPS) is 14.6. The second-order valence-electron chi connectivity index (χ2n) is 4.50. The number of benzene rings is 1. The molecule has 98 valence electrons. The van der Waals surface area contributed by atoms with Gasteiger partial charge < -0.3 is 10.0 Å². The second-order valence-corrected chi connectivity index (χ2v) is 5.35. The van der Waals surface area contributed by atoms with E-state index in [2.05, 4.69) is 20.8 Å². The van der Waals surface area contributed by atoms with E-state index in [1.54, 1.807) is 6.92 Å². The van der Waals surface area contributed by atoms with Crippen LogP contribution in [0.3, 0.4) is 0 Å². The molecule has 0 unspecified atom stereocenters. The van der Waals surface area contributed by atoms with Crippen molar-refractivity contribution in [2.45, 2.75) is 25.8 Å². The first-order valence-electron chi connectivity index (χ1n) is 5.86. The maximum absolute atomic E-state index is 10.9. The molecular weight excluding hydrogens is 300 g/mol. The van der Waals surface area contributed by atoms with Crippen molar-refractivity contribution in [3.63, 3.8) is 0 Å². The highest BCUT2D eigenvalue weighted by Crippen LogP contribution is 2.38. The smallest absolute Gasteiger partial charge is 0.273 e. The molecule has 6 heteroatoms. The number of aryl methyl sites for hydroxylation is 1. The molecule has 0 atom stereocenters. The van der Waals surface area contributed by atoms with Gasteiger partial charge in [0.25, 0.3) is 5.69 Å². The molecule has 1 fully saturated rings. The molecule has 1 aromatic rings. The van der Waals surface area contributed by atoms with E-state index in [0.717, 1.165) is 18.5 Å². The van der Waals surface area contributed by atoms with E-state index >= 15 is 0 Å². The van der Waals surface area contributed by atoms with E-state index in [9.17, 15) is 10.1 Å². The molecule has 1 aliphatic rings. The zero-order chi connectivity index (χ0) is 13.3. The molecule has 0 heterocycles. The van der Waals surface area contributed by atoms with Gasteiger partial charge in [0, 0.05) is 28.7 Å². The number of hydrogen-bond acceptors (Lipinski definition) is 4. The largest absolute Gasteiger partial charge is 0.395 e. The Morgan fingerprint density at radius 1 is 1.56 bits per heavy atom. The zero-order valence-electron chi connectivity index (χ0n) is 10.1. The van der Waals surface area contributed by atoms with E-state index in [4.69, 9.17) is 5.11 Å². The molecule has 0 aromatic heterocycles. The lowest BCUT2D eigenvalue weighted by atomic mass is 10.1. The fourth-order valence-electron chi connectivity index (χ4n) is 2.07. The number of aliphatic hydroxyl groups is 1. The summed E-state index contributed by atoms with van der Waals surface area (Å²) in [7, 11) is 0. The van der Waals surface area contributed by atoms with Gasteiger partial charge in [0.05, 0.1) is 17.2 Å². The fourth-order valence-corrected chi connectivity index (χ4v) is 2.63. The van der Waals surface area contributed by atoms with Gasteiger partial charge >= 0.3 is 0 Å². The standard InChI is InChI=1S/C12H15BrN2O3/c1-8-6-12(10(13)7-11(8)15(17)18)14(4-5-16)9-2-3-9/h6-7,9,16H,2-5H2,1H3. The minimum Gasteiger partial charge on any atom is -0.395 e. The lowest BCUT2D eigenvalue weighted by Gasteiger charge is -2.25. The molecule has 0 saturated heterocycles. The average molecular weight is 315 g/mol. The summed E-state index contributed by atoms with van der Waals surface area (Å²) in [5.74, 6) is 0. The lowest BCUT2D eigenvalue weighted by molar-refractivity contribution is -0.385. The van der Waals surface area contributed by atoms with Crippen molar-refractivity contribution in [1.29, 1.82) is 0 Å². The summed E-state index contributed by atoms with van der Waals surface area (Å²) in [6, 6.07) is 3.81. The van der Waals surface area contributed by atoms with Crippen LogP contribution in [-0.2, 0) is 0 Å². The van der Waals surface area contributed by atoms with E-state index in [0.29, 0.717) is 22.6 Å². The fraction of sp³-hybridized carbons (Fsp3) is 0.500. The molecule has 2 rings (SSSR count). The summed E-state index contributed by atoms with van der Waals surface area (Å²) in [5.41, 5.74) is 1.68. The molecule has 0 bridgehead atoms. The molecular formula is C12H15BrN2O3. The Bertz CT molecular complexity index is 475. The minimum absolute atomic E-state index is 0.0823. The number of nitrogens with zero attached hydrogens (tertiary/aromatic N) is 2. The van der Waals surface area contributed by atoms with Crippen LogP contribution in [0.4, 0.5) is 11.4 Å². The highest BCUT2D eigenvalue weighted by atomic mass is 79.9. The zero-order valence-corrected chi connectivity index (χ0v) is 11.7. The van der Waals surface area contributed by atoms with Crippen LogP contribution in [0.5, 0.6) is 0 Å². The van der Waals surface area contributed by atoms with E-state index in [-0.39, 0.29) is 17.2 Å². The van der Waals surface area contributed by atoms with Crippen LogP contribution in [0.2, 0.25) is 0 Å². The molecule has 1 aliphatic carbocycles. The highest BCUT2D eigenvalue weighted by molar-refractivity contribution is 9.10. The van der Waals surface area contributed by atoms with Crippen molar-refractivity contribution in [3.05, 3.63) is 32.3 Å². The van der Waals surface area contributed by atoms with E-state index in [1.165, 1.54) is 6.07 Å². The van der Waals surface area contributed by atoms with Gasteiger partial charge in [0.1, 0.15) is 0 Å². The van der Waals surface area contributed by atoms with Crippen molar-refractivity contribution in [1.82, 2.24) is 0 Å². The molecule has 0 radical (unpaired) electrons. The van der Waals surface area contributed by atoms with E-state index in [1.807, 2.05) is 6.07 Å².